The number of nitrogens with one attached hydrogen (secondary N) is 1. The molecule has 1 aromatic rings. The van der Waals surface area contributed by atoms with Crippen LogP contribution in [-0.2, 0) is 10.0 Å². The molecular weight excluding hydrogens is 488 g/mol. The first kappa shape index (κ1) is 18.0. The Labute approximate surface area is 145 Å². The lowest BCUT2D eigenvalue weighted by atomic mass is 10.1. The van der Waals surface area contributed by atoms with Gasteiger partial charge in [-0.05, 0) is 18.1 Å². The molecule has 1 atom stereocenters. The van der Waals surface area contributed by atoms with E-state index in [-0.39, 0.29) is 26.9 Å². The van der Waals surface area contributed by atoms with Crippen LogP contribution < -0.4 is 4.72 Å². The van der Waals surface area contributed by atoms with Crippen molar-refractivity contribution in [3.63, 3.8) is 0 Å². The number of hydrogen-bond acceptors (Lipinski definition) is 2. The Bertz CT molecular complexity index is 543. The van der Waals surface area contributed by atoms with Gasteiger partial charge in [0.15, 0.2) is 0 Å². The summed E-state index contributed by atoms with van der Waals surface area (Å²) in [6.07, 6.45) is 0. The quantitative estimate of drug-likeness (QED) is 0.478. The fraction of sp³-hybridized carbons (Fsp3) is 0.455. The molecule has 0 saturated carbocycles. The van der Waals surface area contributed by atoms with E-state index in [2.05, 4.69) is 43.2 Å². The SMILES string of the molecule is CC(C)C(CI)NS(=O)(=O)c1c(Cl)cc(Br)cc1Cl. The van der Waals surface area contributed by atoms with Gasteiger partial charge >= 0.3 is 0 Å². The standard InChI is InChI=1S/C11H13BrCl2INO2S/c1-6(2)10(5-15)16-19(17,18)11-8(13)3-7(12)4-9(11)14/h3-4,6,10,16H,5H2,1-2H3. The van der Waals surface area contributed by atoms with Crippen LogP contribution in [0.5, 0.6) is 0 Å². The average molecular weight is 501 g/mol. The Hall–Kier alpha value is 0.920. The van der Waals surface area contributed by atoms with Crippen molar-refractivity contribution >= 4 is 71.7 Å². The maximum Gasteiger partial charge on any atom is 0.243 e. The molecule has 0 aliphatic carbocycles. The predicted molar refractivity (Wildman–Crippen MR) is 92.0 cm³/mol. The summed E-state index contributed by atoms with van der Waals surface area (Å²) in [6, 6.07) is 2.86. The molecule has 1 rings (SSSR count). The van der Waals surface area contributed by atoms with E-state index in [1.165, 1.54) is 12.1 Å². The van der Waals surface area contributed by atoms with Gasteiger partial charge in [-0.25, -0.2) is 13.1 Å². The zero-order valence-corrected chi connectivity index (χ0v) is 16.3. The van der Waals surface area contributed by atoms with Gasteiger partial charge < -0.3 is 0 Å². The van der Waals surface area contributed by atoms with Crippen molar-refractivity contribution in [1.29, 1.82) is 0 Å². The van der Waals surface area contributed by atoms with E-state index < -0.39 is 10.0 Å². The fourth-order valence-corrected chi connectivity index (χ4v) is 6.25. The molecule has 8 heteroatoms. The van der Waals surface area contributed by atoms with Gasteiger partial charge in [-0.3, -0.25) is 0 Å². The normalized spacial score (nSPS) is 13.8. The van der Waals surface area contributed by atoms with Crippen molar-refractivity contribution in [2.75, 3.05) is 4.43 Å². The number of hydrogen-bond donors (Lipinski definition) is 1. The van der Waals surface area contributed by atoms with E-state index >= 15 is 0 Å². The third-order valence-electron chi connectivity index (χ3n) is 2.51. The van der Waals surface area contributed by atoms with Gasteiger partial charge in [-0.2, -0.15) is 0 Å². The van der Waals surface area contributed by atoms with Crippen molar-refractivity contribution < 1.29 is 8.42 Å². The largest absolute Gasteiger partial charge is 0.243 e. The third kappa shape index (κ3) is 4.71. The molecule has 0 spiro atoms. The third-order valence-corrected chi connectivity index (χ3v) is 6.33. The molecule has 0 bridgehead atoms. The Morgan fingerprint density at radius 3 is 2.16 bits per heavy atom. The summed E-state index contributed by atoms with van der Waals surface area (Å²) in [5.74, 6) is 0.180. The molecule has 3 nitrogen and oxygen atoms in total. The molecule has 0 aliphatic rings. The lowest BCUT2D eigenvalue weighted by molar-refractivity contribution is 0.486. The van der Waals surface area contributed by atoms with Crippen molar-refractivity contribution in [1.82, 2.24) is 4.72 Å². The van der Waals surface area contributed by atoms with Crippen LogP contribution in [0.1, 0.15) is 13.8 Å². The Morgan fingerprint density at radius 1 is 1.32 bits per heavy atom. The summed E-state index contributed by atoms with van der Waals surface area (Å²) in [5, 5.41) is 0.200. The molecule has 1 unspecified atom stereocenters. The van der Waals surface area contributed by atoms with E-state index in [1.807, 2.05) is 13.8 Å². The van der Waals surface area contributed by atoms with Gasteiger partial charge in [-0.1, -0.05) is 75.6 Å². The highest BCUT2D eigenvalue weighted by Crippen LogP contribution is 2.33. The minimum Gasteiger partial charge on any atom is -0.207 e. The first-order valence-electron chi connectivity index (χ1n) is 5.42. The van der Waals surface area contributed by atoms with Gasteiger partial charge in [0.25, 0.3) is 0 Å². The number of alkyl halides is 1. The summed E-state index contributed by atoms with van der Waals surface area (Å²) >= 11 is 17.3. The zero-order chi connectivity index (χ0) is 14.8. The lowest BCUT2D eigenvalue weighted by Gasteiger charge is -2.20. The molecule has 1 N–H and O–H groups in total. The topological polar surface area (TPSA) is 46.2 Å². The van der Waals surface area contributed by atoms with Crippen molar-refractivity contribution in [3.8, 4) is 0 Å². The van der Waals surface area contributed by atoms with Crippen LogP contribution in [0.2, 0.25) is 10.0 Å². The van der Waals surface area contributed by atoms with Crippen LogP contribution in [0.4, 0.5) is 0 Å². The van der Waals surface area contributed by atoms with Gasteiger partial charge in [0.05, 0.1) is 10.0 Å². The van der Waals surface area contributed by atoms with E-state index in [0.717, 1.165) is 0 Å². The Balaban J connectivity index is 3.21. The maximum absolute atomic E-state index is 12.4. The highest BCUT2D eigenvalue weighted by Gasteiger charge is 2.26. The van der Waals surface area contributed by atoms with Crippen LogP contribution in [0.3, 0.4) is 0 Å². The molecular formula is C11H13BrCl2INO2S. The summed E-state index contributed by atoms with van der Waals surface area (Å²) < 4.78 is 28.7. The van der Waals surface area contributed by atoms with Gasteiger partial charge in [0.2, 0.25) is 10.0 Å². The van der Waals surface area contributed by atoms with Crippen molar-refractivity contribution in [3.05, 3.63) is 26.7 Å². The number of benzene rings is 1. The number of halogens is 4. The number of sulfonamides is 1. The zero-order valence-electron chi connectivity index (χ0n) is 10.3. The van der Waals surface area contributed by atoms with Crippen LogP contribution in [0.15, 0.2) is 21.5 Å². The lowest BCUT2D eigenvalue weighted by Crippen LogP contribution is -2.39. The van der Waals surface area contributed by atoms with Gasteiger partial charge in [-0.15, -0.1) is 0 Å². The highest BCUT2D eigenvalue weighted by molar-refractivity contribution is 14.1. The second-order valence-corrected chi connectivity index (χ2v) is 8.59. The van der Waals surface area contributed by atoms with Crippen LogP contribution >= 0.6 is 61.7 Å². The predicted octanol–water partition coefficient (Wildman–Crippen LogP) is 4.49. The van der Waals surface area contributed by atoms with Crippen LogP contribution in [-0.4, -0.2) is 18.9 Å². The summed E-state index contributed by atoms with van der Waals surface area (Å²) in [4.78, 5) is -0.0745. The second-order valence-electron chi connectivity index (χ2n) is 4.32. The monoisotopic (exact) mass is 499 g/mol. The van der Waals surface area contributed by atoms with Crippen molar-refractivity contribution in [2.45, 2.75) is 24.8 Å². The Kier molecular flexibility index (Phi) is 6.87. The summed E-state index contributed by atoms with van der Waals surface area (Å²) in [6.45, 7) is 3.91. The molecule has 0 amide bonds. The van der Waals surface area contributed by atoms with Crippen LogP contribution in [0.25, 0.3) is 0 Å². The molecule has 0 aromatic heterocycles. The Morgan fingerprint density at radius 2 is 1.79 bits per heavy atom. The van der Waals surface area contributed by atoms with Gasteiger partial charge in [0.1, 0.15) is 4.90 Å². The molecule has 0 aliphatic heterocycles. The van der Waals surface area contributed by atoms with Gasteiger partial charge in [0, 0.05) is 14.9 Å². The van der Waals surface area contributed by atoms with E-state index in [1.54, 1.807) is 0 Å². The van der Waals surface area contributed by atoms with Crippen LogP contribution in [0, 0.1) is 5.92 Å². The minimum atomic E-state index is -3.73. The molecule has 19 heavy (non-hydrogen) atoms. The molecule has 1 aromatic carbocycles. The number of rotatable bonds is 5. The molecule has 0 heterocycles. The summed E-state index contributed by atoms with van der Waals surface area (Å²) in [5.41, 5.74) is 0. The minimum absolute atomic E-state index is 0.0745. The molecule has 0 saturated heterocycles. The molecule has 0 radical (unpaired) electrons. The van der Waals surface area contributed by atoms with E-state index in [4.69, 9.17) is 23.2 Å². The highest BCUT2D eigenvalue weighted by atomic mass is 127. The van der Waals surface area contributed by atoms with E-state index in [9.17, 15) is 8.42 Å². The molecule has 108 valence electrons. The van der Waals surface area contributed by atoms with E-state index in [0.29, 0.717) is 8.90 Å². The maximum atomic E-state index is 12.4. The summed E-state index contributed by atoms with van der Waals surface area (Å²) in [7, 11) is -3.73. The average Bonchev–Trinajstić information content (AvgIpc) is 2.23. The second kappa shape index (κ2) is 7.26. The smallest absolute Gasteiger partial charge is 0.207 e. The first-order valence-corrected chi connectivity index (χ1v) is 9.97. The fourth-order valence-electron chi connectivity index (χ4n) is 1.39. The van der Waals surface area contributed by atoms with Crippen molar-refractivity contribution in [2.24, 2.45) is 5.92 Å². The molecule has 0 fully saturated rings. The first-order chi connectivity index (χ1) is 8.69.